The predicted molar refractivity (Wildman–Crippen MR) is 104 cm³/mol. The molecule has 2 aromatic carbocycles. The van der Waals surface area contributed by atoms with Crippen molar-refractivity contribution in [1.29, 1.82) is 0 Å². The Bertz CT molecular complexity index is 909. The number of nitrogens with one attached hydrogen (secondary N) is 2. The number of methoxy groups -OCH3 is 1. The topological polar surface area (TPSA) is 84.5 Å². The molecule has 0 saturated heterocycles. The summed E-state index contributed by atoms with van der Waals surface area (Å²) in [5.74, 6) is -0.121. The zero-order chi connectivity index (χ0) is 19.4. The Balaban J connectivity index is 1.86. The largest absolute Gasteiger partial charge is 0.495 e. The van der Waals surface area contributed by atoms with E-state index in [1.165, 1.54) is 19.2 Å². The summed E-state index contributed by atoms with van der Waals surface area (Å²) in [4.78, 5) is 12.9. The zero-order valence-electron chi connectivity index (χ0n) is 15.4. The molecular formula is C20H24N2O4S. The molecule has 1 amide bonds. The first-order chi connectivity index (χ1) is 12.9. The lowest BCUT2D eigenvalue weighted by Crippen LogP contribution is -2.26. The van der Waals surface area contributed by atoms with E-state index in [9.17, 15) is 13.2 Å². The fraction of sp³-hybridized carbons (Fsp3) is 0.350. The van der Waals surface area contributed by atoms with Crippen LogP contribution < -0.4 is 14.8 Å². The highest BCUT2D eigenvalue weighted by Crippen LogP contribution is 2.31. The molecule has 1 atom stereocenters. The molecule has 0 bridgehead atoms. The van der Waals surface area contributed by atoms with Gasteiger partial charge in [-0.15, -0.1) is 0 Å². The highest BCUT2D eigenvalue weighted by Gasteiger charge is 2.29. The molecule has 144 valence electrons. The third-order valence-electron chi connectivity index (χ3n) is 4.56. The van der Waals surface area contributed by atoms with E-state index in [1.807, 2.05) is 37.3 Å². The van der Waals surface area contributed by atoms with E-state index in [0.29, 0.717) is 17.9 Å². The first kappa shape index (κ1) is 19.4. The Morgan fingerprint density at radius 3 is 2.48 bits per heavy atom. The molecule has 1 aliphatic carbocycles. The summed E-state index contributed by atoms with van der Waals surface area (Å²) in [5, 5.41) is 2.84. The van der Waals surface area contributed by atoms with Crippen molar-refractivity contribution in [1.82, 2.24) is 4.72 Å². The van der Waals surface area contributed by atoms with Gasteiger partial charge >= 0.3 is 0 Å². The molecular weight excluding hydrogens is 364 g/mol. The van der Waals surface area contributed by atoms with Crippen LogP contribution in [0.4, 0.5) is 5.69 Å². The molecule has 1 saturated carbocycles. The number of rotatable bonds is 8. The minimum absolute atomic E-state index is 0.0118. The molecule has 0 aromatic heterocycles. The fourth-order valence-corrected chi connectivity index (χ4v) is 4.25. The number of ether oxygens (including phenoxy) is 1. The van der Waals surface area contributed by atoms with Gasteiger partial charge in [0.05, 0.1) is 23.6 Å². The number of carbonyl (C=O) groups excluding carboxylic acids is 1. The van der Waals surface area contributed by atoms with E-state index in [0.717, 1.165) is 18.4 Å². The van der Waals surface area contributed by atoms with E-state index >= 15 is 0 Å². The third kappa shape index (κ3) is 4.67. The Morgan fingerprint density at radius 2 is 1.89 bits per heavy atom. The Labute approximate surface area is 160 Å². The smallest absolute Gasteiger partial charge is 0.240 e. The van der Waals surface area contributed by atoms with Crippen molar-refractivity contribution in [3.63, 3.8) is 0 Å². The van der Waals surface area contributed by atoms with E-state index < -0.39 is 10.0 Å². The van der Waals surface area contributed by atoms with Gasteiger partial charge in [0.2, 0.25) is 15.9 Å². The predicted octanol–water partition coefficient (Wildman–Crippen LogP) is 3.27. The van der Waals surface area contributed by atoms with Crippen LogP contribution in [-0.2, 0) is 14.8 Å². The standard InChI is InChI=1S/C20H24N2O4S/c1-3-17(14-7-5-4-6-8-14)20(23)21-18-13-16(11-12-19(18)26-2)27(24,25)22-15-9-10-15/h4-8,11-13,15,17,22H,3,9-10H2,1-2H3,(H,21,23). The molecule has 27 heavy (non-hydrogen) atoms. The van der Waals surface area contributed by atoms with Gasteiger partial charge in [-0.2, -0.15) is 0 Å². The van der Waals surface area contributed by atoms with Crippen molar-refractivity contribution in [2.75, 3.05) is 12.4 Å². The van der Waals surface area contributed by atoms with Crippen LogP contribution in [0.15, 0.2) is 53.4 Å². The molecule has 6 nitrogen and oxygen atoms in total. The quantitative estimate of drug-likeness (QED) is 0.727. The summed E-state index contributed by atoms with van der Waals surface area (Å²) in [6.45, 7) is 1.94. The summed E-state index contributed by atoms with van der Waals surface area (Å²) < 4.78 is 32.9. The highest BCUT2D eigenvalue weighted by molar-refractivity contribution is 7.89. The van der Waals surface area contributed by atoms with E-state index in [4.69, 9.17) is 4.74 Å². The summed E-state index contributed by atoms with van der Waals surface area (Å²) in [6.07, 6.45) is 2.34. The first-order valence-corrected chi connectivity index (χ1v) is 10.5. The Morgan fingerprint density at radius 1 is 1.19 bits per heavy atom. The second kappa shape index (κ2) is 8.10. The van der Waals surface area contributed by atoms with Gasteiger partial charge in [-0.05, 0) is 43.0 Å². The average Bonchev–Trinajstić information content (AvgIpc) is 3.46. The molecule has 0 spiro atoms. The van der Waals surface area contributed by atoms with Crippen molar-refractivity contribution in [3.05, 3.63) is 54.1 Å². The highest BCUT2D eigenvalue weighted by atomic mass is 32.2. The minimum Gasteiger partial charge on any atom is -0.495 e. The van der Waals surface area contributed by atoms with Crippen molar-refractivity contribution in [2.45, 2.75) is 43.0 Å². The van der Waals surface area contributed by atoms with Crippen LogP contribution in [-0.4, -0.2) is 27.5 Å². The lowest BCUT2D eigenvalue weighted by atomic mass is 9.95. The minimum atomic E-state index is -3.62. The molecule has 0 heterocycles. The normalized spacial score (nSPS) is 15.2. The van der Waals surface area contributed by atoms with Gasteiger partial charge in [-0.1, -0.05) is 37.3 Å². The van der Waals surface area contributed by atoms with Crippen LogP contribution in [0.2, 0.25) is 0 Å². The van der Waals surface area contributed by atoms with Gasteiger partial charge in [0.1, 0.15) is 5.75 Å². The Hall–Kier alpha value is -2.38. The van der Waals surface area contributed by atoms with Crippen LogP contribution in [0.5, 0.6) is 5.75 Å². The molecule has 1 aliphatic rings. The number of hydrogen-bond donors (Lipinski definition) is 2. The molecule has 1 fully saturated rings. The summed E-state index contributed by atoms with van der Waals surface area (Å²) in [6, 6.07) is 14.0. The maximum atomic E-state index is 12.8. The lowest BCUT2D eigenvalue weighted by Gasteiger charge is -2.17. The average molecular weight is 388 g/mol. The second-order valence-electron chi connectivity index (χ2n) is 6.62. The third-order valence-corrected chi connectivity index (χ3v) is 6.08. The maximum Gasteiger partial charge on any atom is 0.240 e. The molecule has 0 aliphatic heterocycles. The number of hydrogen-bond acceptors (Lipinski definition) is 4. The molecule has 7 heteroatoms. The number of amides is 1. The molecule has 2 N–H and O–H groups in total. The summed E-state index contributed by atoms with van der Waals surface area (Å²) in [5.41, 5.74) is 1.26. The van der Waals surface area contributed by atoms with Crippen molar-refractivity contribution in [2.24, 2.45) is 0 Å². The van der Waals surface area contributed by atoms with Crippen LogP contribution in [0.25, 0.3) is 0 Å². The summed E-state index contributed by atoms with van der Waals surface area (Å²) >= 11 is 0. The second-order valence-corrected chi connectivity index (χ2v) is 8.33. The van der Waals surface area contributed by atoms with Crippen LogP contribution in [0.3, 0.4) is 0 Å². The molecule has 1 unspecified atom stereocenters. The van der Waals surface area contributed by atoms with E-state index in [1.54, 1.807) is 6.07 Å². The monoisotopic (exact) mass is 388 g/mol. The van der Waals surface area contributed by atoms with Crippen molar-refractivity contribution in [3.8, 4) is 5.75 Å². The van der Waals surface area contributed by atoms with Crippen molar-refractivity contribution < 1.29 is 17.9 Å². The maximum absolute atomic E-state index is 12.8. The Kier molecular flexibility index (Phi) is 5.82. The number of benzene rings is 2. The zero-order valence-corrected chi connectivity index (χ0v) is 16.3. The number of anilines is 1. The van der Waals surface area contributed by atoms with Crippen LogP contribution in [0.1, 0.15) is 37.7 Å². The fourth-order valence-electron chi connectivity index (χ4n) is 2.92. The van der Waals surface area contributed by atoms with E-state index in [-0.39, 0.29) is 22.8 Å². The first-order valence-electron chi connectivity index (χ1n) is 9.00. The van der Waals surface area contributed by atoms with Gasteiger partial charge in [-0.3, -0.25) is 4.79 Å². The molecule has 3 rings (SSSR count). The summed E-state index contributed by atoms with van der Waals surface area (Å²) in [7, 11) is -2.13. The lowest BCUT2D eigenvalue weighted by molar-refractivity contribution is -0.117. The van der Waals surface area contributed by atoms with Gasteiger partial charge < -0.3 is 10.1 Å². The van der Waals surface area contributed by atoms with Gasteiger partial charge in [0.15, 0.2) is 0 Å². The van der Waals surface area contributed by atoms with Crippen molar-refractivity contribution >= 4 is 21.6 Å². The molecule has 2 aromatic rings. The number of sulfonamides is 1. The van der Waals surface area contributed by atoms with Gasteiger partial charge in [0.25, 0.3) is 0 Å². The van der Waals surface area contributed by atoms with Gasteiger partial charge in [0, 0.05) is 6.04 Å². The van der Waals surface area contributed by atoms with E-state index in [2.05, 4.69) is 10.0 Å². The number of carbonyl (C=O) groups is 1. The van der Waals surface area contributed by atoms with Gasteiger partial charge in [-0.25, -0.2) is 13.1 Å². The molecule has 0 radical (unpaired) electrons. The van der Waals surface area contributed by atoms with Crippen LogP contribution >= 0.6 is 0 Å². The SMILES string of the molecule is CCC(C(=O)Nc1cc(S(=O)(=O)NC2CC2)ccc1OC)c1ccccc1. The van der Waals surface area contributed by atoms with Crippen LogP contribution in [0, 0.1) is 0 Å².